The van der Waals surface area contributed by atoms with Gasteiger partial charge >= 0.3 is 5.97 Å². The molecule has 3 atom stereocenters. The molecule has 5 heteroatoms. The lowest BCUT2D eigenvalue weighted by atomic mass is 10.0. The predicted molar refractivity (Wildman–Crippen MR) is 53.8 cm³/mol. The standard InChI is InChI=1S/C11H14N2O3/c1-2-15-11(14)9-12-10(16-13-9)8-4-6-3-7(6)5-8/h6-8H,2-5H2,1H3/t6-,7+,8?. The van der Waals surface area contributed by atoms with E-state index in [1.165, 1.54) is 6.42 Å². The molecule has 1 unspecified atom stereocenters. The first-order chi connectivity index (χ1) is 7.78. The minimum Gasteiger partial charge on any atom is -0.460 e. The highest BCUT2D eigenvalue weighted by Gasteiger charge is 2.48. The lowest BCUT2D eigenvalue weighted by Gasteiger charge is -2.03. The second kappa shape index (κ2) is 3.57. The highest BCUT2D eigenvalue weighted by molar-refractivity contribution is 5.84. The van der Waals surface area contributed by atoms with Gasteiger partial charge in [-0.05, 0) is 43.2 Å². The molecule has 16 heavy (non-hydrogen) atoms. The lowest BCUT2D eigenvalue weighted by Crippen LogP contribution is -2.07. The second-order valence-electron chi connectivity index (χ2n) is 4.60. The number of ether oxygens (including phenoxy) is 1. The topological polar surface area (TPSA) is 65.2 Å². The highest BCUT2D eigenvalue weighted by atomic mass is 16.5. The van der Waals surface area contributed by atoms with Gasteiger partial charge in [0.2, 0.25) is 5.89 Å². The monoisotopic (exact) mass is 222 g/mol. The molecule has 2 fully saturated rings. The molecule has 5 nitrogen and oxygen atoms in total. The van der Waals surface area contributed by atoms with Gasteiger partial charge in [0.05, 0.1) is 6.61 Å². The number of esters is 1. The van der Waals surface area contributed by atoms with E-state index >= 15 is 0 Å². The fourth-order valence-corrected chi connectivity index (χ4v) is 2.60. The first kappa shape index (κ1) is 9.81. The van der Waals surface area contributed by atoms with Gasteiger partial charge in [-0.3, -0.25) is 0 Å². The van der Waals surface area contributed by atoms with E-state index < -0.39 is 5.97 Å². The summed E-state index contributed by atoms with van der Waals surface area (Å²) in [6.45, 7) is 2.08. The minimum atomic E-state index is -0.499. The lowest BCUT2D eigenvalue weighted by molar-refractivity contribution is 0.0508. The average Bonchev–Trinajstić information content (AvgIpc) is 2.74. The van der Waals surface area contributed by atoms with Crippen LogP contribution in [0.4, 0.5) is 0 Å². The van der Waals surface area contributed by atoms with Crippen molar-refractivity contribution < 1.29 is 14.1 Å². The largest absolute Gasteiger partial charge is 0.460 e. The summed E-state index contributed by atoms with van der Waals surface area (Å²) in [5.74, 6) is 2.25. The molecule has 2 saturated carbocycles. The van der Waals surface area contributed by atoms with E-state index in [0.29, 0.717) is 18.4 Å². The smallest absolute Gasteiger partial charge is 0.379 e. The number of aromatic nitrogens is 2. The normalized spacial score (nSPS) is 31.2. The van der Waals surface area contributed by atoms with E-state index in [9.17, 15) is 4.79 Å². The van der Waals surface area contributed by atoms with Gasteiger partial charge in [-0.1, -0.05) is 0 Å². The van der Waals surface area contributed by atoms with Gasteiger partial charge in [-0.15, -0.1) is 0 Å². The summed E-state index contributed by atoms with van der Waals surface area (Å²) in [4.78, 5) is 15.5. The Morgan fingerprint density at radius 2 is 2.19 bits per heavy atom. The van der Waals surface area contributed by atoms with Crippen LogP contribution in [0.1, 0.15) is 48.6 Å². The Morgan fingerprint density at radius 1 is 1.44 bits per heavy atom. The van der Waals surface area contributed by atoms with Crippen LogP contribution >= 0.6 is 0 Å². The number of hydrogen-bond donors (Lipinski definition) is 0. The molecule has 1 aromatic rings. The van der Waals surface area contributed by atoms with Crippen molar-refractivity contribution in [3.05, 3.63) is 11.7 Å². The van der Waals surface area contributed by atoms with Crippen molar-refractivity contribution in [3.63, 3.8) is 0 Å². The van der Waals surface area contributed by atoms with E-state index in [0.717, 1.165) is 24.7 Å². The van der Waals surface area contributed by atoms with Crippen LogP contribution in [0, 0.1) is 11.8 Å². The molecule has 0 N–H and O–H groups in total. The first-order valence-corrected chi connectivity index (χ1v) is 5.78. The van der Waals surface area contributed by atoms with Gasteiger partial charge in [0.25, 0.3) is 5.82 Å². The highest BCUT2D eigenvalue weighted by Crippen LogP contribution is 2.57. The van der Waals surface area contributed by atoms with E-state index in [2.05, 4.69) is 10.1 Å². The number of carbonyl (C=O) groups excluding carboxylic acids is 1. The molecule has 2 aliphatic carbocycles. The second-order valence-corrected chi connectivity index (χ2v) is 4.60. The summed E-state index contributed by atoms with van der Waals surface area (Å²) in [6, 6.07) is 0. The Labute approximate surface area is 93.2 Å². The van der Waals surface area contributed by atoms with Gasteiger partial charge in [-0.25, -0.2) is 4.79 Å². The van der Waals surface area contributed by atoms with Crippen LogP contribution in [0.5, 0.6) is 0 Å². The Balaban J connectivity index is 1.70. The number of carbonyl (C=O) groups is 1. The predicted octanol–water partition coefficient (Wildman–Crippen LogP) is 1.76. The quantitative estimate of drug-likeness (QED) is 0.729. The van der Waals surface area contributed by atoms with Gasteiger partial charge in [0.15, 0.2) is 0 Å². The average molecular weight is 222 g/mol. The maximum absolute atomic E-state index is 11.3. The fraction of sp³-hybridized carbons (Fsp3) is 0.727. The first-order valence-electron chi connectivity index (χ1n) is 5.78. The molecule has 0 aliphatic heterocycles. The third-order valence-electron chi connectivity index (χ3n) is 3.49. The summed E-state index contributed by atoms with van der Waals surface area (Å²) in [6.07, 6.45) is 3.62. The number of fused-ring (bicyclic) bond motifs is 1. The third-order valence-corrected chi connectivity index (χ3v) is 3.49. The molecule has 1 aromatic heterocycles. The van der Waals surface area contributed by atoms with Crippen LogP contribution in [-0.4, -0.2) is 22.7 Å². The van der Waals surface area contributed by atoms with E-state index in [1.807, 2.05) is 0 Å². The SMILES string of the molecule is CCOC(=O)c1noc(C2C[C@@H]3C[C@@H]3C2)n1. The van der Waals surface area contributed by atoms with Gasteiger partial charge in [0.1, 0.15) is 0 Å². The number of nitrogens with zero attached hydrogens (tertiary/aromatic N) is 2. The van der Waals surface area contributed by atoms with Crippen molar-refractivity contribution in [2.75, 3.05) is 6.61 Å². The summed E-state index contributed by atoms with van der Waals surface area (Å²) in [5.41, 5.74) is 0. The molecule has 1 heterocycles. The Bertz CT molecular complexity index is 405. The molecule has 0 amide bonds. The molecule has 0 spiro atoms. The molecular formula is C11H14N2O3. The zero-order valence-corrected chi connectivity index (χ0v) is 9.18. The molecule has 0 saturated heterocycles. The van der Waals surface area contributed by atoms with Crippen molar-refractivity contribution in [2.24, 2.45) is 11.8 Å². The third kappa shape index (κ3) is 1.60. The van der Waals surface area contributed by atoms with Crippen molar-refractivity contribution in [2.45, 2.75) is 32.1 Å². The van der Waals surface area contributed by atoms with Crippen LogP contribution in [0.25, 0.3) is 0 Å². The van der Waals surface area contributed by atoms with E-state index in [1.54, 1.807) is 6.92 Å². The van der Waals surface area contributed by atoms with Crippen molar-refractivity contribution in [3.8, 4) is 0 Å². The van der Waals surface area contributed by atoms with Gasteiger partial charge < -0.3 is 9.26 Å². The number of hydrogen-bond acceptors (Lipinski definition) is 5. The summed E-state index contributed by atoms with van der Waals surface area (Å²) >= 11 is 0. The Hall–Kier alpha value is -1.39. The molecule has 2 aliphatic rings. The van der Waals surface area contributed by atoms with Crippen molar-refractivity contribution in [1.82, 2.24) is 10.1 Å². The van der Waals surface area contributed by atoms with Crippen LogP contribution in [-0.2, 0) is 4.74 Å². The maximum Gasteiger partial charge on any atom is 0.379 e. The van der Waals surface area contributed by atoms with Gasteiger partial charge in [0, 0.05) is 5.92 Å². The van der Waals surface area contributed by atoms with Crippen LogP contribution in [0.15, 0.2) is 4.52 Å². The van der Waals surface area contributed by atoms with E-state index in [4.69, 9.17) is 9.26 Å². The summed E-state index contributed by atoms with van der Waals surface area (Å²) in [5, 5.41) is 3.66. The minimum absolute atomic E-state index is 0.0532. The van der Waals surface area contributed by atoms with Crippen molar-refractivity contribution >= 4 is 5.97 Å². The molecular weight excluding hydrogens is 208 g/mol. The zero-order chi connectivity index (χ0) is 11.1. The Kier molecular flexibility index (Phi) is 2.19. The van der Waals surface area contributed by atoms with Crippen molar-refractivity contribution in [1.29, 1.82) is 0 Å². The maximum atomic E-state index is 11.3. The molecule has 0 aromatic carbocycles. The van der Waals surface area contributed by atoms with E-state index in [-0.39, 0.29) is 5.82 Å². The molecule has 0 radical (unpaired) electrons. The number of rotatable bonds is 3. The van der Waals surface area contributed by atoms with Crippen LogP contribution in [0.2, 0.25) is 0 Å². The molecule has 0 bridgehead atoms. The fourth-order valence-electron chi connectivity index (χ4n) is 2.60. The summed E-state index contributed by atoms with van der Waals surface area (Å²) in [7, 11) is 0. The molecule has 3 rings (SSSR count). The Morgan fingerprint density at radius 3 is 2.88 bits per heavy atom. The zero-order valence-electron chi connectivity index (χ0n) is 9.18. The van der Waals surface area contributed by atoms with Gasteiger partial charge in [-0.2, -0.15) is 4.98 Å². The molecule has 86 valence electrons. The summed E-state index contributed by atoms with van der Waals surface area (Å²) < 4.78 is 9.93. The van der Waals surface area contributed by atoms with Crippen LogP contribution in [0.3, 0.4) is 0 Å². The van der Waals surface area contributed by atoms with Crippen LogP contribution < -0.4 is 0 Å².